The van der Waals surface area contributed by atoms with Crippen LogP contribution in [0.2, 0.25) is 0 Å². The van der Waals surface area contributed by atoms with E-state index in [0.29, 0.717) is 23.6 Å². The Morgan fingerprint density at radius 1 is 1.37 bits per heavy atom. The van der Waals surface area contributed by atoms with E-state index in [-0.39, 0.29) is 6.09 Å². The molecule has 1 aliphatic carbocycles. The number of hydrogen-bond acceptors (Lipinski definition) is 5. The van der Waals surface area contributed by atoms with E-state index in [9.17, 15) is 4.79 Å². The normalized spacial score (nSPS) is 29.3. The number of likely N-dealkylation sites (tertiary alicyclic amines) is 1. The Hall–Kier alpha value is -1.59. The molecule has 3 atom stereocenters. The first-order chi connectivity index (χ1) is 8.85. The Labute approximate surface area is 112 Å². The van der Waals surface area contributed by atoms with Gasteiger partial charge in [0, 0.05) is 25.9 Å². The molecule has 104 valence electrons. The van der Waals surface area contributed by atoms with Gasteiger partial charge in [-0.15, -0.1) is 0 Å². The number of aromatic nitrogens is 2. The van der Waals surface area contributed by atoms with Gasteiger partial charge in [-0.25, -0.2) is 4.79 Å². The first-order valence-electron chi connectivity index (χ1n) is 6.63. The number of nitrogens with zero attached hydrogens (tertiary/aromatic N) is 3. The average molecular weight is 265 g/mol. The Morgan fingerprint density at radius 2 is 2.00 bits per heavy atom. The molecule has 3 rings (SSSR count). The first kappa shape index (κ1) is 12.4. The number of ether oxygens (including phenoxy) is 1. The van der Waals surface area contributed by atoms with E-state index in [1.807, 2.05) is 20.8 Å². The standard InChI is InChI=1S/C13H19N3O3/c1-7-14-11(15-19-7)10-8-5-16(6-9(8)10)12(17)18-13(2,3)4/h8-10H,5-6H2,1-4H3/t8-,9?,10?/m0/s1. The number of carbonyl (C=O) groups is 1. The summed E-state index contributed by atoms with van der Waals surface area (Å²) in [4.78, 5) is 18.0. The highest BCUT2D eigenvalue weighted by Gasteiger charge is 2.59. The van der Waals surface area contributed by atoms with E-state index in [2.05, 4.69) is 10.1 Å². The Balaban J connectivity index is 1.57. The van der Waals surface area contributed by atoms with Crippen molar-refractivity contribution in [3.8, 4) is 0 Å². The number of rotatable bonds is 1. The van der Waals surface area contributed by atoms with Gasteiger partial charge in [0.25, 0.3) is 0 Å². The highest BCUT2D eigenvalue weighted by Crippen LogP contribution is 2.57. The van der Waals surface area contributed by atoms with Crippen molar-refractivity contribution in [1.82, 2.24) is 15.0 Å². The van der Waals surface area contributed by atoms with E-state index in [1.54, 1.807) is 11.8 Å². The molecule has 0 N–H and O–H groups in total. The number of aryl methyl sites for hydroxylation is 1. The third kappa shape index (κ3) is 2.31. The third-order valence-electron chi connectivity index (χ3n) is 3.69. The van der Waals surface area contributed by atoms with Gasteiger partial charge < -0.3 is 14.2 Å². The van der Waals surface area contributed by atoms with Gasteiger partial charge in [0.15, 0.2) is 5.82 Å². The van der Waals surface area contributed by atoms with Crippen molar-refractivity contribution in [3.63, 3.8) is 0 Å². The van der Waals surface area contributed by atoms with Crippen molar-refractivity contribution >= 4 is 6.09 Å². The molecule has 1 aliphatic heterocycles. The summed E-state index contributed by atoms with van der Waals surface area (Å²) in [6.45, 7) is 8.91. The van der Waals surface area contributed by atoms with E-state index in [0.717, 1.165) is 18.9 Å². The summed E-state index contributed by atoms with van der Waals surface area (Å²) in [6, 6.07) is 0. The van der Waals surface area contributed by atoms with Crippen molar-refractivity contribution in [2.75, 3.05) is 13.1 Å². The van der Waals surface area contributed by atoms with Crippen LogP contribution in [0.4, 0.5) is 4.79 Å². The molecule has 1 saturated carbocycles. The lowest BCUT2D eigenvalue weighted by Crippen LogP contribution is -2.36. The van der Waals surface area contributed by atoms with E-state index >= 15 is 0 Å². The summed E-state index contributed by atoms with van der Waals surface area (Å²) in [5, 5.41) is 3.97. The lowest BCUT2D eigenvalue weighted by atomic mass is 10.2. The predicted molar refractivity (Wildman–Crippen MR) is 66.6 cm³/mol. The third-order valence-corrected chi connectivity index (χ3v) is 3.69. The molecule has 2 fully saturated rings. The summed E-state index contributed by atoms with van der Waals surface area (Å²) in [7, 11) is 0. The van der Waals surface area contributed by atoms with E-state index < -0.39 is 5.60 Å². The van der Waals surface area contributed by atoms with Crippen LogP contribution in [-0.2, 0) is 4.74 Å². The number of fused-ring (bicyclic) bond motifs is 1. The van der Waals surface area contributed by atoms with Crippen LogP contribution in [0.3, 0.4) is 0 Å². The van der Waals surface area contributed by atoms with Crippen LogP contribution >= 0.6 is 0 Å². The van der Waals surface area contributed by atoms with E-state index in [4.69, 9.17) is 9.26 Å². The van der Waals surface area contributed by atoms with Crippen LogP contribution in [0.15, 0.2) is 4.52 Å². The molecule has 1 saturated heterocycles. The largest absolute Gasteiger partial charge is 0.444 e. The van der Waals surface area contributed by atoms with Crippen LogP contribution in [0.5, 0.6) is 0 Å². The summed E-state index contributed by atoms with van der Waals surface area (Å²) >= 11 is 0. The molecular formula is C13H19N3O3. The second-order valence-corrected chi connectivity index (χ2v) is 6.41. The maximum absolute atomic E-state index is 11.9. The minimum Gasteiger partial charge on any atom is -0.444 e. The molecule has 1 aromatic rings. The van der Waals surface area contributed by atoms with Gasteiger partial charge in [0.2, 0.25) is 5.89 Å². The molecule has 0 aromatic carbocycles. The van der Waals surface area contributed by atoms with Gasteiger partial charge in [-0.3, -0.25) is 0 Å². The van der Waals surface area contributed by atoms with Crippen LogP contribution in [0.1, 0.15) is 38.4 Å². The monoisotopic (exact) mass is 265 g/mol. The Bertz CT molecular complexity index is 493. The van der Waals surface area contributed by atoms with Crippen LogP contribution in [-0.4, -0.2) is 39.8 Å². The molecule has 19 heavy (non-hydrogen) atoms. The fourth-order valence-corrected chi connectivity index (χ4v) is 2.84. The number of hydrogen-bond donors (Lipinski definition) is 0. The quantitative estimate of drug-likeness (QED) is 0.776. The maximum Gasteiger partial charge on any atom is 0.410 e. The molecule has 2 heterocycles. The Morgan fingerprint density at radius 3 is 2.47 bits per heavy atom. The van der Waals surface area contributed by atoms with E-state index in [1.165, 1.54) is 0 Å². The molecule has 1 amide bonds. The van der Waals surface area contributed by atoms with Gasteiger partial charge in [0.1, 0.15) is 5.60 Å². The zero-order valence-corrected chi connectivity index (χ0v) is 11.7. The topological polar surface area (TPSA) is 68.5 Å². The molecule has 6 nitrogen and oxygen atoms in total. The first-order valence-corrected chi connectivity index (χ1v) is 6.63. The second kappa shape index (κ2) is 3.95. The summed E-state index contributed by atoms with van der Waals surface area (Å²) in [5.41, 5.74) is -0.436. The summed E-state index contributed by atoms with van der Waals surface area (Å²) < 4.78 is 10.4. The fraction of sp³-hybridized carbons (Fsp3) is 0.769. The number of amides is 1. The zero-order chi connectivity index (χ0) is 13.8. The van der Waals surface area contributed by atoms with Crippen molar-refractivity contribution in [2.24, 2.45) is 11.8 Å². The van der Waals surface area contributed by atoms with Gasteiger partial charge >= 0.3 is 6.09 Å². The zero-order valence-electron chi connectivity index (χ0n) is 11.7. The molecule has 1 aromatic heterocycles. The summed E-state index contributed by atoms with van der Waals surface area (Å²) in [6.07, 6.45) is -0.220. The molecule has 6 heteroatoms. The SMILES string of the molecule is Cc1nc(C2C3CN(C(=O)OC(C)(C)C)C[C@@H]32)no1. The molecule has 2 unspecified atom stereocenters. The van der Waals surface area contributed by atoms with Crippen LogP contribution < -0.4 is 0 Å². The van der Waals surface area contributed by atoms with Gasteiger partial charge in [-0.05, 0) is 32.6 Å². The smallest absolute Gasteiger partial charge is 0.410 e. The van der Waals surface area contributed by atoms with Crippen LogP contribution in [0, 0.1) is 18.8 Å². The number of carbonyl (C=O) groups excluding carboxylic acids is 1. The van der Waals surface area contributed by atoms with Crippen molar-refractivity contribution in [3.05, 3.63) is 11.7 Å². The molecular weight excluding hydrogens is 246 g/mol. The highest BCUT2D eigenvalue weighted by atomic mass is 16.6. The molecule has 0 spiro atoms. The molecule has 0 radical (unpaired) electrons. The minimum absolute atomic E-state index is 0.220. The van der Waals surface area contributed by atoms with Gasteiger partial charge in [0.05, 0.1) is 0 Å². The Kier molecular flexibility index (Phi) is 2.59. The van der Waals surface area contributed by atoms with Crippen molar-refractivity contribution in [2.45, 2.75) is 39.2 Å². The lowest BCUT2D eigenvalue weighted by Gasteiger charge is -2.25. The average Bonchev–Trinajstić information content (AvgIpc) is 2.67. The second-order valence-electron chi connectivity index (χ2n) is 6.41. The minimum atomic E-state index is -0.436. The predicted octanol–water partition coefficient (Wildman–Crippen LogP) is 1.96. The van der Waals surface area contributed by atoms with Gasteiger partial charge in [-0.2, -0.15) is 4.98 Å². The molecule has 2 aliphatic rings. The fourth-order valence-electron chi connectivity index (χ4n) is 2.84. The van der Waals surface area contributed by atoms with Gasteiger partial charge in [-0.1, -0.05) is 5.16 Å². The maximum atomic E-state index is 11.9. The van der Waals surface area contributed by atoms with Crippen LogP contribution in [0.25, 0.3) is 0 Å². The summed E-state index contributed by atoms with van der Waals surface area (Å²) in [5.74, 6) is 2.67. The van der Waals surface area contributed by atoms with Crippen molar-refractivity contribution in [1.29, 1.82) is 0 Å². The molecule has 0 bridgehead atoms. The highest BCUT2D eigenvalue weighted by molar-refractivity contribution is 5.69. The van der Waals surface area contributed by atoms with Crippen molar-refractivity contribution < 1.29 is 14.1 Å². The lowest BCUT2D eigenvalue weighted by molar-refractivity contribution is 0.0270. The number of piperidine rings is 1.